The molecule has 0 aliphatic carbocycles. The van der Waals surface area contributed by atoms with Gasteiger partial charge in [0.1, 0.15) is 6.61 Å². The number of unbranched alkanes of at least 4 members (excludes halogenated alkanes) is 1. The standard InChI is InChI=1S/C14H28O4/c1-6-8-9-16-12(3)17-10-11-18-13(15)14(4,5)7-2/h12H,6-11H2,1-5H3. The molecule has 0 fully saturated rings. The molecule has 0 radical (unpaired) electrons. The molecule has 0 aliphatic rings. The van der Waals surface area contributed by atoms with Gasteiger partial charge in [-0.3, -0.25) is 4.79 Å². The lowest BCUT2D eigenvalue weighted by molar-refractivity contribution is -0.164. The Balaban J connectivity index is 3.58. The lowest BCUT2D eigenvalue weighted by Crippen LogP contribution is -2.27. The summed E-state index contributed by atoms with van der Waals surface area (Å²) in [5.41, 5.74) is -0.413. The van der Waals surface area contributed by atoms with Crippen molar-refractivity contribution in [3.8, 4) is 0 Å². The van der Waals surface area contributed by atoms with Crippen LogP contribution in [0.2, 0.25) is 0 Å². The van der Waals surface area contributed by atoms with Gasteiger partial charge in [-0.1, -0.05) is 20.3 Å². The van der Waals surface area contributed by atoms with Gasteiger partial charge in [-0.25, -0.2) is 0 Å². The Hall–Kier alpha value is -0.610. The van der Waals surface area contributed by atoms with Gasteiger partial charge in [0.05, 0.1) is 12.0 Å². The lowest BCUT2D eigenvalue weighted by Gasteiger charge is -2.20. The van der Waals surface area contributed by atoms with Crippen LogP contribution in [0.15, 0.2) is 0 Å². The molecule has 1 unspecified atom stereocenters. The minimum absolute atomic E-state index is 0.173. The van der Waals surface area contributed by atoms with Gasteiger partial charge in [0.25, 0.3) is 0 Å². The molecule has 0 aromatic carbocycles. The van der Waals surface area contributed by atoms with E-state index in [2.05, 4.69) is 6.92 Å². The molecule has 18 heavy (non-hydrogen) atoms. The van der Waals surface area contributed by atoms with Crippen molar-refractivity contribution in [3.63, 3.8) is 0 Å². The maximum absolute atomic E-state index is 11.6. The number of hydrogen-bond donors (Lipinski definition) is 0. The maximum Gasteiger partial charge on any atom is 0.311 e. The molecule has 0 amide bonds. The summed E-state index contributed by atoms with van der Waals surface area (Å²) in [5, 5.41) is 0. The molecular weight excluding hydrogens is 232 g/mol. The monoisotopic (exact) mass is 260 g/mol. The molecule has 0 rings (SSSR count). The topological polar surface area (TPSA) is 44.8 Å². The number of esters is 1. The number of hydrogen-bond acceptors (Lipinski definition) is 4. The molecule has 1 atom stereocenters. The van der Waals surface area contributed by atoms with Crippen molar-refractivity contribution >= 4 is 5.97 Å². The molecule has 0 bridgehead atoms. The molecule has 0 aliphatic heterocycles. The van der Waals surface area contributed by atoms with Crippen LogP contribution in [0.25, 0.3) is 0 Å². The zero-order valence-corrected chi connectivity index (χ0v) is 12.5. The van der Waals surface area contributed by atoms with E-state index < -0.39 is 5.41 Å². The number of rotatable bonds is 10. The first-order chi connectivity index (χ1) is 8.44. The van der Waals surface area contributed by atoms with Crippen molar-refractivity contribution in [2.45, 2.75) is 60.2 Å². The van der Waals surface area contributed by atoms with Gasteiger partial charge >= 0.3 is 5.97 Å². The Morgan fingerprint density at radius 2 is 1.72 bits per heavy atom. The molecule has 0 N–H and O–H groups in total. The normalized spacial score (nSPS) is 13.4. The van der Waals surface area contributed by atoms with Crippen LogP contribution in [0.4, 0.5) is 0 Å². The van der Waals surface area contributed by atoms with Gasteiger partial charge in [-0.15, -0.1) is 0 Å². The fraction of sp³-hybridized carbons (Fsp3) is 0.929. The fourth-order valence-electron chi connectivity index (χ4n) is 1.13. The summed E-state index contributed by atoms with van der Waals surface area (Å²) in [4.78, 5) is 11.6. The zero-order valence-electron chi connectivity index (χ0n) is 12.5. The van der Waals surface area contributed by atoms with Gasteiger partial charge in [0, 0.05) is 6.61 Å². The molecule has 4 heteroatoms. The Labute approximate surface area is 111 Å². The Kier molecular flexibility index (Phi) is 9.02. The Bertz CT molecular complexity index is 226. The van der Waals surface area contributed by atoms with Crippen molar-refractivity contribution in [2.24, 2.45) is 5.41 Å². The molecular formula is C14H28O4. The fourth-order valence-corrected chi connectivity index (χ4v) is 1.13. The van der Waals surface area contributed by atoms with Crippen LogP contribution in [0, 0.1) is 5.41 Å². The molecule has 108 valence electrons. The minimum Gasteiger partial charge on any atom is -0.463 e. The minimum atomic E-state index is -0.413. The van der Waals surface area contributed by atoms with Gasteiger partial charge in [-0.2, -0.15) is 0 Å². The van der Waals surface area contributed by atoms with E-state index in [9.17, 15) is 4.79 Å². The first kappa shape index (κ1) is 17.4. The summed E-state index contributed by atoms with van der Waals surface area (Å²) >= 11 is 0. The van der Waals surface area contributed by atoms with Crippen LogP contribution in [0.1, 0.15) is 53.9 Å². The van der Waals surface area contributed by atoms with Crippen LogP contribution < -0.4 is 0 Å². The van der Waals surface area contributed by atoms with Gasteiger partial charge in [-0.05, 0) is 33.6 Å². The largest absolute Gasteiger partial charge is 0.463 e. The third-order valence-electron chi connectivity index (χ3n) is 2.96. The Morgan fingerprint density at radius 3 is 2.28 bits per heavy atom. The number of ether oxygens (including phenoxy) is 3. The number of carbonyl (C=O) groups is 1. The third-order valence-corrected chi connectivity index (χ3v) is 2.96. The second-order valence-corrected chi connectivity index (χ2v) is 5.04. The molecule has 0 aromatic heterocycles. The van der Waals surface area contributed by atoms with Crippen LogP contribution in [0.3, 0.4) is 0 Å². The predicted octanol–water partition coefficient (Wildman–Crippen LogP) is 3.15. The van der Waals surface area contributed by atoms with Gasteiger partial charge in [0.15, 0.2) is 6.29 Å². The zero-order chi connectivity index (χ0) is 14.0. The summed E-state index contributed by atoms with van der Waals surface area (Å²) in [6.07, 6.45) is 2.67. The van der Waals surface area contributed by atoms with Crippen LogP contribution in [-0.2, 0) is 19.0 Å². The van der Waals surface area contributed by atoms with Crippen LogP contribution >= 0.6 is 0 Å². The average Bonchev–Trinajstić information content (AvgIpc) is 2.34. The van der Waals surface area contributed by atoms with Gasteiger partial charge < -0.3 is 14.2 Å². The summed E-state index contributed by atoms with van der Waals surface area (Å²) in [6.45, 7) is 11.1. The third kappa shape index (κ3) is 7.67. The highest BCUT2D eigenvalue weighted by Crippen LogP contribution is 2.21. The summed E-state index contributed by atoms with van der Waals surface area (Å²) < 4.78 is 16.0. The molecule has 0 heterocycles. The second-order valence-electron chi connectivity index (χ2n) is 5.04. The van der Waals surface area contributed by atoms with Crippen molar-refractivity contribution in [2.75, 3.05) is 19.8 Å². The summed E-state index contributed by atoms with van der Waals surface area (Å²) in [5.74, 6) is -0.173. The first-order valence-corrected chi connectivity index (χ1v) is 6.84. The molecule has 0 saturated heterocycles. The quantitative estimate of drug-likeness (QED) is 0.344. The molecule has 0 saturated carbocycles. The van der Waals surface area contributed by atoms with Gasteiger partial charge in [0.2, 0.25) is 0 Å². The molecule has 4 nitrogen and oxygen atoms in total. The van der Waals surface area contributed by atoms with Crippen LogP contribution in [-0.4, -0.2) is 32.1 Å². The van der Waals surface area contributed by atoms with E-state index in [4.69, 9.17) is 14.2 Å². The van der Waals surface area contributed by atoms with Crippen molar-refractivity contribution in [1.29, 1.82) is 0 Å². The summed E-state index contributed by atoms with van der Waals surface area (Å²) in [7, 11) is 0. The predicted molar refractivity (Wildman–Crippen MR) is 71.3 cm³/mol. The van der Waals surface area contributed by atoms with Crippen molar-refractivity contribution in [1.82, 2.24) is 0 Å². The van der Waals surface area contributed by atoms with E-state index in [1.54, 1.807) is 0 Å². The molecule has 0 aromatic rings. The van der Waals surface area contributed by atoms with Crippen LogP contribution in [0.5, 0.6) is 0 Å². The maximum atomic E-state index is 11.6. The van der Waals surface area contributed by atoms with E-state index >= 15 is 0 Å². The Morgan fingerprint density at radius 1 is 1.11 bits per heavy atom. The van der Waals surface area contributed by atoms with E-state index in [-0.39, 0.29) is 18.9 Å². The summed E-state index contributed by atoms with van der Waals surface area (Å²) in [6, 6.07) is 0. The SMILES string of the molecule is CCCCOC(C)OCCOC(=O)C(C)(C)CC. The number of carbonyl (C=O) groups excluding carboxylic acids is 1. The molecule has 0 spiro atoms. The van der Waals surface area contributed by atoms with E-state index in [0.717, 1.165) is 19.3 Å². The van der Waals surface area contributed by atoms with E-state index in [0.29, 0.717) is 13.2 Å². The van der Waals surface area contributed by atoms with Crippen molar-refractivity contribution in [3.05, 3.63) is 0 Å². The highest BCUT2D eigenvalue weighted by molar-refractivity contribution is 5.75. The smallest absolute Gasteiger partial charge is 0.311 e. The van der Waals surface area contributed by atoms with Crippen molar-refractivity contribution < 1.29 is 19.0 Å². The first-order valence-electron chi connectivity index (χ1n) is 6.84. The lowest BCUT2D eigenvalue weighted by atomic mass is 9.91. The van der Waals surface area contributed by atoms with E-state index in [1.165, 1.54) is 0 Å². The average molecular weight is 260 g/mol. The second kappa shape index (κ2) is 9.34. The van der Waals surface area contributed by atoms with E-state index in [1.807, 2.05) is 27.7 Å². The highest BCUT2D eigenvalue weighted by atomic mass is 16.7. The highest BCUT2D eigenvalue weighted by Gasteiger charge is 2.26.